The van der Waals surface area contributed by atoms with Gasteiger partial charge in [-0.25, -0.2) is 4.79 Å². The van der Waals surface area contributed by atoms with Crippen LogP contribution in [0.3, 0.4) is 0 Å². The standard InChI is InChI=1S/C28H29F3O6S/c1-27-14-13-22-21-10-8-20(35-17-26(32)36-16-18-5-3-2-4-6-18)15-19(21)7-9-23(22)24(27)11-12-25(27)37-38(33,34)28(29,30)31/h2-6,8,10,12,15,22-24H,7,9,11,13-14,16-17H2,1H3. The van der Waals surface area contributed by atoms with E-state index in [1.165, 1.54) is 11.6 Å². The predicted octanol–water partition coefficient (Wildman–Crippen LogP) is 6.02. The van der Waals surface area contributed by atoms with Gasteiger partial charge in [0.05, 0.1) is 0 Å². The molecule has 0 amide bonds. The molecule has 0 spiro atoms. The zero-order valence-electron chi connectivity index (χ0n) is 20.9. The number of carbonyl (C=O) groups is 1. The molecule has 38 heavy (non-hydrogen) atoms. The van der Waals surface area contributed by atoms with Crippen molar-refractivity contribution in [2.45, 2.75) is 57.1 Å². The Kier molecular flexibility index (Phi) is 6.96. The summed E-state index contributed by atoms with van der Waals surface area (Å²) < 4.78 is 77.7. The quantitative estimate of drug-likeness (QED) is 0.238. The normalized spacial score (nSPS) is 26.4. The molecule has 5 rings (SSSR count). The van der Waals surface area contributed by atoms with Crippen molar-refractivity contribution in [3.63, 3.8) is 0 Å². The Morgan fingerprint density at radius 2 is 1.87 bits per heavy atom. The Bertz CT molecular complexity index is 1340. The van der Waals surface area contributed by atoms with Crippen LogP contribution in [0.5, 0.6) is 5.75 Å². The smallest absolute Gasteiger partial charge is 0.482 e. The average molecular weight is 551 g/mol. The molecule has 3 aliphatic carbocycles. The number of allylic oxidation sites excluding steroid dienone is 2. The molecule has 3 aliphatic rings. The highest BCUT2D eigenvalue weighted by Gasteiger charge is 2.56. The summed E-state index contributed by atoms with van der Waals surface area (Å²) in [5, 5.41) is 0. The first-order valence-electron chi connectivity index (χ1n) is 12.6. The van der Waals surface area contributed by atoms with Gasteiger partial charge in [0.15, 0.2) is 6.61 Å². The summed E-state index contributed by atoms with van der Waals surface area (Å²) in [6.45, 7) is 1.80. The van der Waals surface area contributed by atoms with Crippen LogP contribution in [0.1, 0.15) is 55.2 Å². The topological polar surface area (TPSA) is 78.9 Å². The van der Waals surface area contributed by atoms with Gasteiger partial charge in [-0.2, -0.15) is 21.6 Å². The monoisotopic (exact) mass is 550 g/mol. The second-order valence-corrected chi connectivity index (χ2v) is 12.0. The maximum Gasteiger partial charge on any atom is 0.534 e. The molecule has 0 heterocycles. The van der Waals surface area contributed by atoms with Crippen LogP contribution in [0.15, 0.2) is 60.4 Å². The summed E-state index contributed by atoms with van der Waals surface area (Å²) in [4.78, 5) is 12.1. The molecule has 204 valence electrons. The highest BCUT2D eigenvalue weighted by Crippen LogP contribution is 2.61. The van der Waals surface area contributed by atoms with Gasteiger partial charge in [0.25, 0.3) is 0 Å². The van der Waals surface area contributed by atoms with Crippen LogP contribution in [0.4, 0.5) is 13.2 Å². The number of halogens is 3. The molecule has 4 unspecified atom stereocenters. The van der Waals surface area contributed by atoms with Gasteiger partial charge in [-0.3, -0.25) is 0 Å². The average Bonchev–Trinajstić information content (AvgIpc) is 3.21. The third-order valence-electron chi connectivity index (χ3n) is 8.29. The number of benzene rings is 2. The zero-order chi connectivity index (χ0) is 27.1. The van der Waals surface area contributed by atoms with Crippen molar-refractivity contribution >= 4 is 16.1 Å². The lowest BCUT2D eigenvalue weighted by molar-refractivity contribution is -0.147. The number of hydrogen-bond acceptors (Lipinski definition) is 6. The maximum atomic E-state index is 12.9. The van der Waals surface area contributed by atoms with Gasteiger partial charge in [0.1, 0.15) is 18.1 Å². The van der Waals surface area contributed by atoms with E-state index in [4.69, 9.17) is 9.47 Å². The number of esters is 1. The van der Waals surface area contributed by atoms with Gasteiger partial charge in [-0.1, -0.05) is 43.3 Å². The molecule has 1 fully saturated rings. The predicted molar refractivity (Wildman–Crippen MR) is 132 cm³/mol. The minimum Gasteiger partial charge on any atom is -0.482 e. The molecular weight excluding hydrogens is 521 g/mol. The van der Waals surface area contributed by atoms with Crippen molar-refractivity contribution in [3.05, 3.63) is 77.1 Å². The van der Waals surface area contributed by atoms with E-state index in [9.17, 15) is 26.4 Å². The lowest BCUT2D eigenvalue weighted by Gasteiger charge is -2.49. The summed E-state index contributed by atoms with van der Waals surface area (Å²) in [6.07, 6.45) is 4.84. The summed E-state index contributed by atoms with van der Waals surface area (Å²) >= 11 is 0. The van der Waals surface area contributed by atoms with Crippen LogP contribution in [0.25, 0.3) is 0 Å². The molecule has 6 nitrogen and oxygen atoms in total. The van der Waals surface area contributed by atoms with Crippen LogP contribution in [0.2, 0.25) is 0 Å². The first kappa shape index (κ1) is 26.6. The van der Waals surface area contributed by atoms with E-state index in [0.29, 0.717) is 25.0 Å². The molecule has 10 heteroatoms. The molecule has 0 aromatic heterocycles. The molecule has 1 saturated carbocycles. The van der Waals surface area contributed by atoms with Crippen molar-refractivity contribution in [2.75, 3.05) is 6.61 Å². The van der Waals surface area contributed by atoms with E-state index in [-0.39, 0.29) is 36.7 Å². The highest BCUT2D eigenvalue weighted by molar-refractivity contribution is 7.87. The number of fused-ring (bicyclic) bond motifs is 5. The molecule has 0 N–H and O–H groups in total. The second-order valence-electron chi connectivity index (χ2n) is 10.5. The summed E-state index contributed by atoms with van der Waals surface area (Å²) in [7, 11) is -5.70. The largest absolute Gasteiger partial charge is 0.534 e. The third-order valence-corrected chi connectivity index (χ3v) is 9.26. The molecular formula is C28H29F3O6S. The molecule has 2 aromatic carbocycles. The van der Waals surface area contributed by atoms with Crippen LogP contribution in [-0.2, 0) is 36.9 Å². The Hall–Kier alpha value is -3.01. The second kappa shape index (κ2) is 9.94. The molecule has 4 atom stereocenters. The lowest BCUT2D eigenvalue weighted by Crippen LogP contribution is -2.42. The Labute approximate surface area is 219 Å². The molecule has 0 bridgehead atoms. The van der Waals surface area contributed by atoms with Crippen molar-refractivity contribution < 1.29 is 40.0 Å². The van der Waals surface area contributed by atoms with Gasteiger partial charge < -0.3 is 13.7 Å². The summed E-state index contributed by atoms with van der Waals surface area (Å²) in [5.74, 6) is 0.461. The fourth-order valence-electron chi connectivity index (χ4n) is 6.39. The van der Waals surface area contributed by atoms with Crippen LogP contribution < -0.4 is 4.74 Å². The SMILES string of the molecule is CC12CCC3c4ccc(OCC(=O)OCc5ccccc5)cc4CCC3C1CC=C2OS(=O)(=O)C(F)(F)F. The number of carbonyl (C=O) groups excluding carboxylic acids is 1. The van der Waals surface area contributed by atoms with Crippen LogP contribution in [-0.4, -0.2) is 26.5 Å². The van der Waals surface area contributed by atoms with Gasteiger partial charge in [0, 0.05) is 5.41 Å². The van der Waals surface area contributed by atoms with E-state index in [1.807, 2.05) is 55.5 Å². The third kappa shape index (κ3) is 5.02. The minimum absolute atomic E-state index is 0.00291. The van der Waals surface area contributed by atoms with Crippen LogP contribution in [0, 0.1) is 17.3 Å². The molecule has 2 aromatic rings. The van der Waals surface area contributed by atoms with Crippen molar-refractivity contribution in [1.29, 1.82) is 0 Å². The molecule has 0 radical (unpaired) electrons. The van der Waals surface area contributed by atoms with Gasteiger partial charge in [-0.15, -0.1) is 0 Å². The van der Waals surface area contributed by atoms with Crippen LogP contribution >= 0.6 is 0 Å². The maximum absolute atomic E-state index is 12.9. The number of rotatable bonds is 7. The van der Waals surface area contributed by atoms with Crippen molar-refractivity contribution in [2.24, 2.45) is 17.3 Å². The van der Waals surface area contributed by atoms with Crippen molar-refractivity contribution in [1.82, 2.24) is 0 Å². The summed E-state index contributed by atoms with van der Waals surface area (Å²) in [5.41, 5.74) is -3.00. The fourth-order valence-corrected chi connectivity index (χ4v) is 6.98. The highest BCUT2D eigenvalue weighted by atomic mass is 32.2. The van der Waals surface area contributed by atoms with E-state index < -0.39 is 27.0 Å². The van der Waals surface area contributed by atoms with Gasteiger partial charge >= 0.3 is 21.6 Å². The van der Waals surface area contributed by atoms with Gasteiger partial charge in [0.2, 0.25) is 0 Å². The zero-order valence-corrected chi connectivity index (χ0v) is 21.7. The fraction of sp³-hybridized carbons (Fsp3) is 0.464. The molecule has 0 aliphatic heterocycles. The first-order valence-corrected chi connectivity index (χ1v) is 14.1. The lowest BCUT2D eigenvalue weighted by atomic mass is 9.55. The van der Waals surface area contributed by atoms with E-state index >= 15 is 0 Å². The van der Waals surface area contributed by atoms with Gasteiger partial charge in [-0.05, 0) is 84.8 Å². The Balaban J connectivity index is 1.22. The number of aryl methyl sites for hydroxylation is 1. The minimum atomic E-state index is -5.70. The van der Waals surface area contributed by atoms with Crippen molar-refractivity contribution in [3.8, 4) is 5.75 Å². The number of ether oxygens (including phenoxy) is 2. The van der Waals surface area contributed by atoms with E-state index in [1.54, 1.807) is 0 Å². The van der Waals surface area contributed by atoms with E-state index in [0.717, 1.165) is 24.0 Å². The Morgan fingerprint density at radius 1 is 1.11 bits per heavy atom. The first-order chi connectivity index (χ1) is 18.0. The summed E-state index contributed by atoms with van der Waals surface area (Å²) in [6, 6.07) is 15.2. The number of alkyl halides is 3. The van der Waals surface area contributed by atoms with E-state index in [2.05, 4.69) is 4.18 Å². The Morgan fingerprint density at radius 3 is 2.61 bits per heavy atom. The number of hydrogen-bond donors (Lipinski definition) is 0. The molecule has 0 saturated heterocycles.